The van der Waals surface area contributed by atoms with Gasteiger partial charge in [0.2, 0.25) is 0 Å². The Kier molecular flexibility index (Phi) is 3.22. The zero-order chi connectivity index (χ0) is 10.6. The first-order chi connectivity index (χ1) is 6.65. The van der Waals surface area contributed by atoms with Gasteiger partial charge < -0.3 is 10.4 Å². The zero-order valence-corrected chi connectivity index (χ0v) is 7.65. The molecule has 1 atom stereocenters. The number of rotatable bonds is 4. The maximum absolute atomic E-state index is 11.3. The molecule has 3 N–H and O–H groups in total. The van der Waals surface area contributed by atoms with Gasteiger partial charge in [-0.05, 0) is 12.5 Å². The third-order valence-corrected chi connectivity index (χ3v) is 1.76. The van der Waals surface area contributed by atoms with Crippen LogP contribution in [0.15, 0.2) is 12.3 Å². The van der Waals surface area contributed by atoms with Crippen LogP contribution >= 0.6 is 0 Å². The molecule has 0 saturated heterocycles. The average Bonchev–Trinajstić information content (AvgIpc) is 2.65. The molecule has 0 spiro atoms. The predicted molar refractivity (Wildman–Crippen MR) is 47.8 cm³/mol. The van der Waals surface area contributed by atoms with E-state index in [0.717, 1.165) is 0 Å². The Morgan fingerprint density at radius 1 is 1.71 bits per heavy atom. The zero-order valence-electron chi connectivity index (χ0n) is 7.65. The third-order valence-electron chi connectivity index (χ3n) is 1.76. The van der Waals surface area contributed by atoms with Gasteiger partial charge in [0.15, 0.2) is 0 Å². The van der Waals surface area contributed by atoms with Gasteiger partial charge in [-0.1, -0.05) is 6.92 Å². The summed E-state index contributed by atoms with van der Waals surface area (Å²) in [5.41, 5.74) is 0.254. The highest BCUT2D eigenvalue weighted by atomic mass is 16.4. The fourth-order valence-corrected chi connectivity index (χ4v) is 0.957. The monoisotopic (exact) mass is 197 g/mol. The van der Waals surface area contributed by atoms with Gasteiger partial charge in [-0.3, -0.25) is 9.89 Å². The minimum Gasteiger partial charge on any atom is -0.480 e. The highest BCUT2D eigenvalue weighted by Gasteiger charge is 2.18. The van der Waals surface area contributed by atoms with E-state index in [4.69, 9.17) is 5.11 Å². The number of aromatic amines is 1. The summed E-state index contributed by atoms with van der Waals surface area (Å²) in [6, 6.07) is 0.620. The lowest BCUT2D eigenvalue weighted by atomic mass is 10.2. The predicted octanol–water partition coefficient (Wildman–Crippen LogP) is 0.00270. The van der Waals surface area contributed by atoms with Gasteiger partial charge in [-0.15, -0.1) is 0 Å². The molecule has 0 aromatic carbocycles. The second-order valence-electron chi connectivity index (χ2n) is 2.74. The van der Waals surface area contributed by atoms with Crippen LogP contribution in [-0.4, -0.2) is 33.2 Å². The van der Waals surface area contributed by atoms with Crippen molar-refractivity contribution in [2.45, 2.75) is 19.4 Å². The maximum Gasteiger partial charge on any atom is 0.326 e. The molecule has 1 heterocycles. The summed E-state index contributed by atoms with van der Waals surface area (Å²) in [6.45, 7) is 1.69. The van der Waals surface area contributed by atoms with Gasteiger partial charge in [0.1, 0.15) is 11.7 Å². The van der Waals surface area contributed by atoms with Crippen molar-refractivity contribution in [1.82, 2.24) is 15.5 Å². The Bertz CT molecular complexity index is 321. The number of nitrogens with zero attached hydrogens (tertiary/aromatic N) is 1. The normalized spacial score (nSPS) is 12.1. The van der Waals surface area contributed by atoms with Crippen molar-refractivity contribution in [3.63, 3.8) is 0 Å². The van der Waals surface area contributed by atoms with Gasteiger partial charge in [-0.25, -0.2) is 4.79 Å². The summed E-state index contributed by atoms with van der Waals surface area (Å²) in [7, 11) is 0. The molecule has 0 fully saturated rings. The van der Waals surface area contributed by atoms with E-state index in [0.29, 0.717) is 6.42 Å². The number of carboxylic acids is 1. The van der Waals surface area contributed by atoms with E-state index in [9.17, 15) is 9.59 Å². The standard InChI is InChI=1S/C8H11N3O3/c1-2-5(8(13)14)10-7(12)6-3-4-9-11-6/h3-5H,2H2,1H3,(H,9,11)(H,10,12)(H,13,14)/t5-/m0/s1. The van der Waals surface area contributed by atoms with E-state index in [-0.39, 0.29) is 5.69 Å². The molecule has 0 aliphatic heterocycles. The Labute approximate surface area is 80.3 Å². The van der Waals surface area contributed by atoms with Crippen molar-refractivity contribution < 1.29 is 14.7 Å². The topological polar surface area (TPSA) is 95.1 Å². The van der Waals surface area contributed by atoms with Crippen LogP contribution in [0.25, 0.3) is 0 Å². The lowest BCUT2D eigenvalue weighted by Gasteiger charge is -2.10. The highest BCUT2D eigenvalue weighted by molar-refractivity contribution is 5.94. The third kappa shape index (κ3) is 2.32. The van der Waals surface area contributed by atoms with Crippen LogP contribution in [0.2, 0.25) is 0 Å². The second-order valence-corrected chi connectivity index (χ2v) is 2.74. The number of carboxylic acid groups (broad SMARTS) is 1. The SMILES string of the molecule is CC[C@H](NC(=O)c1ccn[nH]1)C(=O)O. The molecule has 1 rings (SSSR count). The molecule has 14 heavy (non-hydrogen) atoms. The molecule has 1 aromatic rings. The highest BCUT2D eigenvalue weighted by Crippen LogP contribution is 1.96. The van der Waals surface area contributed by atoms with Crippen LogP contribution in [-0.2, 0) is 4.79 Å². The van der Waals surface area contributed by atoms with Gasteiger partial charge in [-0.2, -0.15) is 5.10 Å². The Balaban J connectivity index is 2.60. The lowest BCUT2D eigenvalue weighted by molar-refractivity contribution is -0.139. The number of aliphatic carboxylic acids is 1. The van der Waals surface area contributed by atoms with Crippen molar-refractivity contribution in [3.8, 4) is 0 Å². The van der Waals surface area contributed by atoms with Crippen molar-refractivity contribution in [2.75, 3.05) is 0 Å². The lowest BCUT2D eigenvalue weighted by Crippen LogP contribution is -2.40. The van der Waals surface area contributed by atoms with Crippen LogP contribution in [0.1, 0.15) is 23.8 Å². The number of aromatic nitrogens is 2. The van der Waals surface area contributed by atoms with Gasteiger partial charge in [0.25, 0.3) is 5.91 Å². The summed E-state index contributed by atoms with van der Waals surface area (Å²) >= 11 is 0. The van der Waals surface area contributed by atoms with Gasteiger partial charge in [0.05, 0.1) is 0 Å². The molecule has 1 aromatic heterocycles. The van der Waals surface area contributed by atoms with E-state index < -0.39 is 17.9 Å². The van der Waals surface area contributed by atoms with Crippen LogP contribution < -0.4 is 5.32 Å². The van der Waals surface area contributed by atoms with Crippen LogP contribution in [0, 0.1) is 0 Å². The molecule has 6 heteroatoms. The number of nitrogens with one attached hydrogen (secondary N) is 2. The first kappa shape index (κ1) is 10.2. The fraction of sp³-hybridized carbons (Fsp3) is 0.375. The second kappa shape index (κ2) is 4.40. The summed E-state index contributed by atoms with van der Waals surface area (Å²) in [4.78, 5) is 21.9. The molecule has 76 valence electrons. The largest absolute Gasteiger partial charge is 0.480 e. The molecule has 0 saturated carbocycles. The first-order valence-electron chi connectivity index (χ1n) is 4.18. The number of hydrogen-bond acceptors (Lipinski definition) is 3. The molecule has 0 aliphatic rings. The molecule has 1 amide bonds. The Hall–Kier alpha value is -1.85. The number of hydrogen-bond donors (Lipinski definition) is 3. The molecule has 0 radical (unpaired) electrons. The smallest absolute Gasteiger partial charge is 0.326 e. The maximum atomic E-state index is 11.3. The average molecular weight is 197 g/mol. The van der Waals surface area contributed by atoms with Gasteiger partial charge >= 0.3 is 5.97 Å². The van der Waals surface area contributed by atoms with Crippen molar-refractivity contribution in [3.05, 3.63) is 18.0 Å². The van der Waals surface area contributed by atoms with Crippen molar-refractivity contribution >= 4 is 11.9 Å². The molecule has 6 nitrogen and oxygen atoms in total. The number of amides is 1. The first-order valence-corrected chi connectivity index (χ1v) is 4.18. The number of carbonyl (C=O) groups is 2. The van der Waals surface area contributed by atoms with E-state index in [1.807, 2.05) is 0 Å². The van der Waals surface area contributed by atoms with Crippen LogP contribution in [0.4, 0.5) is 0 Å². The molecular weight excluding hydrogens is 186 g/mol. The molecule has 0 bridgehead atoms. The summed E-state index contributed by atoms with van der Waals surface area (Å²) < 4.78 is 0. The van der Waals surface area contributed by atoms with Crippen LogP contribution in [0.5, 0.6) is 0 Å². The minimum atomic E-state index is -1.04. The number of carbonyl (C=O) groups excluding carboxylic acids is 1. The van der Waals surface area contributed by atoms with Crippen LogP contribution in [0.3, 0.4) is 0 Å². The van der Waals surface area contributed by atoms with Crippen molar-refractivity contribution in [1.29, 1.82) is 0 Å². The fourth-order valence-electron chi connectivity index (χ4n) is 0.957. The minimum absolute atomic E-state index is 0.254. The number of H-pyrrole nitrogens is 1. The van der Waals surface area contributed by atoms with Gasteiger partial charge in [0, 0.05) is 6.20 Å². The Morgan fingerprint density at radius 2 is 2.43 bits per heavy atom. The quantitative estimate of drug-likeness (QED) is 0.633. The van der Waals surface area contributed by atoms with E-state index in [2.05, 4.69) is 15.5 Å². The summed E-state index contributed by atoms with van der Waals surface area (Å²) in [5.74, 6) is -1.50. The summed E-state index contributed by atoms with van der Waals surface area (Å²) in [5, 5.41) is 17.1. The van der Waals surface area contributed by atoms with Crippen molar-refractivity contribution in [2.24, 2.45) is 0 Å². The van der Waals surface area contributed by atoms with E-state index in [1.54, 1.807) is 6.92 Å². The molecule has 0 unspecified atom stereocenters. The Morgan fingerprint density at radius 3 is 2.86 bits per heavy atom. The van der Waals surface area contributed by atoms with E-state index >= 15 is 0 Å². The molecular formula is C8H11N3O3. The molecule has 0 aliphatic carbocycles. The van der Waals surface area contributed by atoms with E-state index in [1.165, 1.54) is 12.3 Å². The summed E-state index contributed by atoms with van der Waals surface area (Å²) in [6.07, 6.45) is 1.77.